The number of anilines is 1. The monoisotopic (exact) mass is 378 g/mol. The lowest BCUT2D eigenvalue weighted by atomic mass is 10.1. The molecule has 0 bridgehead atoms. The molecule has 0 radical (unpaired) electrons. The highest BCUT2D eigenvalue weighted by Gasteiger charge is 2.27. The molecule has 1 aliphatic heterocycles. The van der Waals surface area contributed by atoms with Crippen molar-refractivity contribution in [1.82, 2.24) is 16.0 Å². The van der Waals surface area contributed by atoms with Crippen molar-refractivity contribution in [1.29, 1.82) is 0 Å². The van der Waals surface area contributed by atoms with E-state index in [1.54, 1.807) is 25.3 Å². The summed E-state index contributed by atoms with van der Waals surface area (Å²) in [4.78, 5) is 37.4. The molecule has 1 aromatic carbocycles. The smallest absolute Gasteiger partial charge is 0.251 e. The average Bonchev–Trinajstić information content (AvgIpc) is 2.68. The van der Waals surface area contributed by atoms with Crippen LogP contribution in [0.25, 0.3) is 0 Å². The highest BCUT2D eigenvalue weighted by molar-refractivity contribution is 5.95. The van der Waals surface area contributed by atoms with E-state index in [1.807, 2.05) is 11.9 Å². The van der Waals surface area contributed by atoms with Gasteiger partial charge in [0.1, 0.15) is 12.4 Å². The van der Waals surface area contributed by atoms with E-state index in [-0.39, 0.29) is 36.7 Å². The second kappa shape index (κ2) is 9.77. The fourth-order valence-electron chi connectivity index (χ4n) is 2.67. The molecule has 0 fully saturated rings. The highest BCUT2D eigenvalue weighted by Crippen LogP contribution is 2.34. The molecule has 3 N–H and O–H groups in total. The van der Waals surface area contributed by atoms with Crippen molar-refractivity contribution in [3.63, 3.8) is 0 Å². The summed E-state index contributed by atoms with van der Waals surface area (Å²) < 4.78 is 10.7. The molecule has 27 heavy (non-hydrogen) atoms. The standard InChI is InChI=1S/C18H26N4O5/c1-19-17(24)10-21-16(23)9-13-11-27-15-5-4-12(8-14(15)22(13)2)18(25)20-6-7-26-3/h4-5,8,13H,6-7,9-11H2,1-3H3,(H,19,24)(H,20,25)(H,21,23)/t13-/m1/s1. The van der Waals surface area contributed by atoms with Crippen molar-refractivity contribution in [2.75, 3.05) is 52.4 Å². The van der Waals surface area contributed by atoms with Crippen LogP contribution in [0.3, 0.4) is 0 Å². The molecule has 1 aromatic rings. The predicted molar refractivity (Wildman–Crippen MR) is 100 cm³/mol. The third kappa shape index (κ3) is 5.58. The Morgan fingerprint density at radius 3 is 2.74 bits per heavy atom. The van der Waals surface area contributed by atoms with Gasteiger partial charge < -0.3 is 30.3 Å². The first-order valence-electron chi connectivity index (χ1n) is 8.70. The molecular formula is C18H26N4O5. The summed E-state index contributed by atoms with van der Waals surface area (Å²) in [7, 11) is 4.93. The summed E-state index contributed by atoms with van der Waals surface area (Å²) in [6.07, 6.45) is 0.178. The molecule has 148 valence electrons. The zero-order valence-corrected chi connectivity index (χ0v) is 15.8. The number of nitrogens with zero attached hydrogens (tertiary/aromatic N) is 1. The number of likely N-dealkylation sites (N-methyl/N-ethyl adjacent to an activating group) is 2. The second-order valence-corrected chi connectivity index (χ2v) is 6.16. The van der Waals surface area contributed by atoms with Gasteiger partial charge in [-0.05, 0) is 18.2 Å². The third-order valence-electron chi connectivity index (χ3n) is 4.32. The number of methoxy groups -OCH3 is 1. The molecular weight excluding hydrogens is 352 g/mol. The largest absolute Gasteiger partial charge is 0.489 e. The van der Waals surface area contributed by atoms with E-state index in [2.05, 4.69) is 16.0 Å². The second-order valence-electron chi connectivity index (χ2n) is 6.16. The van der Waals surface area contributed by atoms with Gasteiger partial charge in [0, 0.05) is 33.3 Å². The minimum absolute atomic E-state index is 0.0605. The molecule has 0 aliphatic carbocycles. The van der Waals surface area contributed by atoms with Crippen LogP contribution in [0.2, 0.25) is 0 Å². The summed E-state index contributed by atoms with van der Waals surface area (Å²) in [5.41, 5.74) is 1.25. The van der Waals surface area contributed by atoms with Crippen molar-refractivity contribution in [2.24, 2.45) is 0 Å². The number of rotatable bonds is 8. The van der Waals surface area contributed by atoms with Crippen LogP contribution in [-0.2, 0) is 14.3 Å². The van der Waals surface area contributed by atoms with Crippen molar-refractivity contribution >= 4 is 23.4 Å². The number of hydrogen-bond donors (Lipinski definition) is 3. The van der Waals surface area contributed by atoms with Crippen LogP contribution in [0.5, 0.6) is 5.75 Å². The minimum Gasteiger partial charge on any atom is -0.489 e. The van der Waals surface area contributed by atoms with Crippen LogP contribution in [0.1, 0.15) is 16.8 Å². The normalized spacial score (nSPS) is 15.4. The Labute approximate surface area is 158 Å². The molecule has 9 heteroatoms. The topological polar surface area (TPSA) is 109 Å². The van der Waals surface area contributed by atoms with Crippen LogP contribution in [0, 0.1) is 0 Å². The number of amides is 3. The minimum atomic E-state index is -0.258. The number of carbonyl (C=O) groups is 3. The molecule has 3 amide bonds. The lowest BCUT2D eigenvalue weighted by Gasteiger charge is -2.35. The summed E-state index contributed by atoms with van der Waals surface area (Å²) >= 11 is 0. The van der Waals surface area contributed by atoms with E-state index < -0.39 is 0 Å². The summed E-state index contributed by atoms with van der Waals surface area (Å²) in [6.45, 7) is 1.14. The Morgan fingerprint density at radius 2 is 2.04 bits per heavy atom. The SMILES string of the molecule is CNC(=O)CNC(=O)C[C@@H]1COc2ccc(C(=O)NCCOC)cc2N1C. The van der Waals surface area contributed by atoms with E-state index >= 15 is 0 Å². The third-order valence-corrected chi connectivity index (χ3v) is 4.32. The first-order chi connectivity index (χ1) is 13.0. The molecule has 9 nitrogen and oxygen atoms in total. The summed E-state index contributed by atoms with van der Waals surface area (Å²) in [6, 6.07) is 4.99. The Balaban J connectivity index is 2.01. The first-order valence-corrected chi connectivity index (χ1v) is 8.70. The summed E-state index contributed by atoms with van der Waals surface area (Å²) in [5.74, 6) is -0.0383. The van der Waals surface area contributed by atoms with Gasteiger partial charge in [-0.25, -0.2) is 0 Å². The molecule has 1 heterocycles. The number of benzene rings is 1. The average molecular weight is 378 g/mol. The lowest BCUT2D eigenvalue weighted by Crippen LogP contribution is -2.45. The zero-order chi connectivity index (χ0) is 19.8. The fraction of sp³-hybridized carbons (Fsp3) is 0.500. The molecule has 0 aromatic heterocycles. The van der Waals surface area contributed by atoms with E-state index in [9.17, 15) is 14.4 Å². The van der Waals surface area contributed by atoms with Gasteiger partial charge >= 0.3 is 0 Å². The van der Waals surface area contributed by atoms with Crippen LogP contribution < -0.4 is 25.6 Å². The van der Waals surface area contributed by atoms with Gasteiger partial charge in [-0.2, -0.15) is 0 Å². The van der Waals surface area contributed by atoms with Gasteiger partial charge in [0.15, 0.2) is 0 Å². The van der Waals surface area contributed by atoms with Crippen LogP contribution in [-0.4, -0.2) is 71.3 Å². The first kappa shape index (κ1) is 20.5. The fourth-order valence-corrected chi connectivity index (χ4v) is 2.67. The van der Waals surface area contributed by atoms with Crippen molar-refractivity contribution < 1.29 is 23.9 Å². The maximum absolute atomic E-state index is 12.2. The molecule has 0 spiro atoms. The van der Waals surface area contributed by atoms with Crippen molar-refractivity contribution in [3.8, 4) is 5.75 Å². The molecule has 0 saturated heterocycles. The summed E-state index contributed by atoms with van der Waals surface area (Å²) in [5, 5.41) is 7.79. The van der Waals surface area contributed by atoms with Crippen molar-refractivity contribution in [3.05, 3.63) is 23.8 Å². The Hall–Kier alpha value is -2.81. The van der Waals surface area contributed by atoms with Crippen LogP contribution in [0.15, 0.2) is 18.2 Å². The number of hydrogen-bond acceptors (Lipinski definition) is 6. The van der Waals surface area contributed by atoms with E-state index in [0.29, 0.717) is 31.1 Å². The molecule has 0 unspecified atom stereocenters. The number of ether oxygens (including phenoxy) is 2. The van der Waals surface area contributed by atoms with Gasteiger partial charge in [-0.3, -0.25) is 14.4 Å². The number of nitrogens with one attached hydrogen (secondary N) is 3. The molecule has 2 rings (SSSR count). The Morgan fingerprint density at radius 1 is 1.26 bits per heavy atom. The number of carbonyl (C=O) groups excluding carboxylic acids is 3. The number of fused-ring (bicyclic) bond motifs is 1. The van der Waals surface area contributed by atoms with Crippen LogP contribution >= 0.6 is 0 Å². The molecule has 1 aliphatic rings. The lowest BCUT2D eigenvalue weighted by molar-refractivity contribution is -0.126. The zero-order valence-electron chi connectivity index (χ0n) is 15.8. The maximum atomic E-state index is 12.2. The highest BCUT2D eigenvalue weighted by atomic mass is 16.5. The van der Waals surface area contributed by atoms with E-state index in [4.69, 9.17) is 9.47 Å². The van der Waals surface area contributed by atoms with Gasteiger partial charge in [0.05, 0.1) is 31.3 Å². The van der Waals surface area contributed by atoms with E-state index in [0.717, 1.165) is 5.69 Å². The van der Waals surface area contributed by atoms with Gasteiger partial charge in [0.25, 0.3) is 5.91 Å². The van der Waals surface area contributed by atoms with Crippen LogP contribution in [0.4, 0.5) is 5.69 Å². The van der Waals surface area contributed by atoms with Gasteiger partial charge in [-0.1, -0.05) is 0 Å². The maximum Gasteiger partial charge on any atom is 0.251 e. The Kier molecular flexibility index (Phi) is 7.42. The van der Waals surface area contributed by atoms with Gasteiger partial charge in [-0.15, -0.1) is 0 Å². The Bertz CT molecular complexity index is 694. The predicted octanol–water partition coefficient (Wildman–Crippen LogP) is -0.488. The molecule has 1 atom stereocenters. The van der Waals surface area contributed by atoms with Gasteiger partial charge in [0.2, 0.25) is 11.8 Å². The molecule has 0 saturated carbocycles. The quantitative estimate of drug-likeness (QED) is 0.527. The van der Waals surface area contributed by atoms with Crippen molar-refractivity contribution in [2.45, 2.75) is 12.5 Å². The van der Waals surface area contributed by atoms with E-state index in [1.165, 1.54) is 7.05 Å².